The van der Waals surface area contributed by atoms with Crippen LogP contribution in [0.25, 0.3) is 0 Å². The zero-order chi connectivity index (χ0) is 20.9. The minimum absolute atomic E-state index is 0.105. The third-order valence-corrected chi connectivity index (χ3v) is 6.33. The van der Waals surface area contributed by atoms with E-state index in [0.717, 1.165) is 10.5 Å². The number of aryl methyl sites for hydroxylation is 1. The van der Waals surface area contributed by atoms with Gasteiger partial charge in [0.05, 0.1) is 10.9 Å². The summed E-state index contributed by atoms with van der Waals surface area (Å²) in [6.07, 6.45) is 0. The summed E-state index contributed by atoms with van der Waals surface area (Å²) in [5.41, 5.74) is 0.465. The Morgan fingerprint density at radius 1 is 0.828 bits per heavy atom. The lowest BCUT2D eigenvalue weighted by Gasteiger charge is -2.19. The van der Waals surface area contributed by atoms with Gasteiger partial charge in [-0.3, -0.25) is 0 Å². The van der Waals surface area contributed by atoms with Crippen molar-refractivity contribution in [3.63, 3.8) is 0 Å². The fourth-order valence-electron chi connectivity index (χ4n) is 2.89. The molecule has 4 heteroatoms. The smallest absolute Gasteiger partial charge is 0.344 e. The predicted molar refractivity (Wildman–Crippen MR) is 118 cm³/mol. The number of benzene rings is 3. The molecule has 0 fully saturated rings. The normalized spacial score (nSPS) is 11.3. The fourth-order valence-corrected chi connectivity index (χ4v) is 5.00. The molecular formula is C25H27O3S+. The summed E-state index contributed by atoms with van der Waals surface area (Å²) in [6, 6.07) is 27.1. The second kappa shape index (κ2) is 9.19. The molecule has 3 aromatic carbocycles. The van der Waals surface area contributed by atoms with Crippen LogP contribution >= 0.6 is 0 Å². The number of carbonyl (C=O) groups is 1. The average Bonchev–Trinajstić information content (AvgIpc) is 2.69. The first-order valence-corrected chi connectivity index (χ1v) is 10.9. The molecule has 0 saturated heterocycles. The zero-order valence-electron chi connectivity index (χ0n) is 17.3. The third-order valence-electron chi connectivity index (χ3n) is 4.12. The van der Waals surface area contributed by atoms with Gasteiger partial charge in [-0.25, -0.2) is 4.79 Å². The predicted octanol–water partition coefficient (Wildman–Crippen LogP) is 5.81. The lowest BCUT2D eigenvalue weighted by atomic mass is 10.2. The Kier molecular flexibility index (Phi) is 6.65. The average molecular weight is 408 g/mol. The summed E-state index contributed by atoms with van der Waals surface area (Å²) >= 11 is 0. The Bertz CT molecular complexity index is 907. The van der Waals surface area contributed by atoms with Crippen molar-refractivity contribution in [1.82, 2.24) is 0 Å². The Labute approximate surface area is 176 Å². The van der Waals surface area contributed by atoms with Crippen molar-refractivity contribution in [1.29, 1.82) is 0 Å². The summed E-state index contributed by atoms with van der Waals surface area (Å²) < 4.78 is 11.2. The van der Waals surface area contributed by atoms with Gasteiger partial charge in [-0.15, -0.1) is 0 Å². The van der Waals surface area contributed by atoms with E-state index < -0.39 is 5.60 Å². The van der Waals surface area contributed by atoms with E-state index in [1.54, 1.807) is 0 Å². The van der Waals surface area contributed by atoms with E-state index in [2.05, 4.69) is 54.6 Å². The molecule has 0 aliphatic rings. The number of rotatable bonds is 6. The highest BCUT2D eigenvalue weighted by Gasteiger charge is 2.29. The van der Waals surface area contributed by atoms with E-state index in [4.69, 9.17) is 9.47 Å². The van der Waals surface area contributed by atoms with Gasteiger partial charge in [0.15, 0.2) is 21.3 Å². The maximum Gasteiger partial charge on any atom is 0.344 e. The Morgan fingerprint density at radius 2 is 1.38 bits per heavy atom. The summed E-state index contributed by atoms with van der Waals surface area (Å²) in [4.78, 5) is 15.7. The molecule has 29 heavy (non-hydrogen) atoms. The Hall–Kier alpha value is -2.72. The van der Waals surface area contributed by atoms with Gasteiger partial charge >= 0.3 is 5.97 Å². The molecule has 0 aliphatic carbocycles. The van der Waals surface area contributed by atoms with Gasteiger partial charge in [0.1, 0.15) is 11.4 Å². The maximum absolute atomic E-state index is 12.1. The van der Waals surface area contributed by atoms with Crippen molar-refractivity contribution in [3.8, 4) is 5.75 Å². The summed E-state index contributed by atoms with van der Waals surface area (Å²) in [5, 5.41) is 0. The summed E-state index contributed by atoms with van der Waals surface area (Å²) in [7, 11) is -0.260. The van der Waals surface area contributed by atoms with Crippen molar-refractivity contribution in [2.45, 2.75) is 48.0 Å². The molecule has 0 atom stereocenters. The first kappa shape index (κ1) is 21.0. The van der Waals surface area contributed by atoms with E-state index in [1.165, 1.54) is 9.79 Å². The first-order chi connectivity index (χ1) is 13.8. The molecule has 3 nitrogen and oxygen atoms in total. The molecule has 3 rings (SSSR count). The van der Waals surface area contributed by atoms with Gasteiger partial charge in [0.25, 0.3) is 0 Å². The van der Waals surface area contributed by atoms with Crippen LogP contribution in [0.2, 0.25) is 0 Å². The van der Waals surface area contributed by atoms with Crippen molar-refractivity contribution in [2.75, 3.05) is 6.61 Å². The molecule has 0 aromatic heterocycles. The van der Waals surface area contributed by atoms with Gasteiger partial charge in [0, 0.05) is 6.07 Å². The number of hydrogen-bond acceptors (Lipinski definition) is 3. The largest absolute Gasteiger partial charge is 0.481 e. The van der Waals surface area contributed by atoms with E-state index in [1.807, 2.05) is 52.0 Å². The highest BCUT2D eigenvalue weighted by molar-refractivity contribution is 7.97. The van der Waals surface area contributed by atoms with Gasteiger partial charge < -0.3 is 9.47 Å². The van der Waals surface area contributed by atoms with Crippen LogP contribution in [-0.4, -0.2) is 18.2 Å². The molecule has 3 aromatic rings. The molecule has 0 saturated carbocycles. The Balaban J connectivity index is 1.90. The van der Waals surface area contributed by atoms with Gasteiger partial charge in [0.2, 0.25) is 0 Å². The van der Waals surface area contributed by atoms with Gasteiger partial charge in [-0.05, 0) is 63.6 Å². The van der Waals surface area contributed by atoms with Crippen LogP contribution in [-0.2, 0) is 20.4 Å². The molecule has 0 unspecified atom stereocenters. The second-order valence-electron chi connectivity index (χ2n) is 7.73. The second-order valence-corrected chi connectivity index (χ2v) is 9.76. The number of hydrogen-bond donors (Lipinski definition) is 0. The van der Waals surface area contributed by atoms with Crippen molar-refractivity contribution in [2.24, 2.45) is 0 Å². The van der Waals surface area contributed by atoms with Crippen LogP contribution in [0.15, 0.2) is 93.5 Å². The standard InChI is InChI=1S/C25H27O3S/c1-19-15-16-22(17-23(19)27-18-24(26)28-25(2,3)4)29(20-11-7-5-8-12-20)21-13-9-6-10-14-21/h5-17H,18H2,1-4H3/q+1. The van der Waals surface area contributed by atoms with E-state index in [0.29, 0.717) is 5.75 Å². The number of esters is 1. The molecule has 0 spiro atoms. The molecule has 0 aliphatic heterocycles. The Morgan fingerprint density at radius 3 is 1.90 bits per heavy atom. The topological polar surface area (TPSA) is 35.5 Å². The van der Waals surface area contributed by atoms with Crippen molar-refractivity contribution in [3.05, 3.63) is 84.4 Å². The minimum atomic E-state index is -0.523. The molecule has 0 bridgehead atoms. The zero-order valence-corrected chi connectivity index (χ0v) is 18.2. The van der Waals surface area contributed by atoms with Crippen LogP contribution < -0.4 is 4.74 Å². The quantitative estimate of drug-likeness (QED) is 0.382. The van der Waals surface area contributed by atoms with Crippen LogP contribution in [0.5, 0.6) is 5.75 Å². The van der Waals surface area contributed by atoms with E-state index >= 15 is 0 Å². The highest BCUT2D eigenvalue weighted by atomic mass is 32.2. The van der Waals surface area contributed by atoms with Crippen LogP contribution in [0, 0.1) is 6.92 Å². The third kappa shape index (κ3) is 5.88. The number of ether oxygens (including phenoxy) is 2. The van der Waals surface area contributed by atoms with Crippen molar-refractivity contribution < 1.29 is 14.3 Å². The van der Waals surface area contributed by atoms with Gasteiger partial charge in [-0.2, -0.15) is 0 Å². The molecule has 0 N–H and O–H groups in total. The van der Waals surface area contributed by atoms with Crippen LogP contribution in [0.3, 0.4) is 0 Å². The molecule has 0 radical (unpaired) electrons. The SMILES string of the molecule is Cc1ccc([S+](c2ccccc2)c2ccccc2)cc1OCC(=O)OC(C)(C)C. The lowest BCUT2D eigenvalue weighted by molar-refractivity contribution is -0.157. The maximum atomic E-state index is 12.1. The fraction of sp³-hybridized carbons (Fsp3) is 0.240. The molecular weight excluding hydrogens is 380 g/mol. The first-order valence-electron chi connectivity index (χ1n) is 9.63. The molecule has 0 heterocycles. The van der Waals surface area contributed by atoms with Crippen molar-refractivity contribution >= 4 is 16.9 Å². The molecule has 150 valence electrons. The van der Waals surface area contributed by atoms with Gasteiger partial charge in [-0.1, -0.05) is 42.5 Å². The minimum Gasteiger partial charge on any atom is -0.481 e. The lowest BCUT2D eigenvalue weighted by Crippen LogP contribution is -2.27. The number of carbonyl (C=O) groups excluding carboxylic acids is 1. The van der Waals surface area contributed by atoms with Crippen LogP contribution in [0.1, 0.15) is 26.3 Å². The van der Waals surface area contributed by atoms with Crippen LogP contribution in [0.4, 0.5) is 0 Å². The molecule has 0 amide bonds. The van der Waals surface area contributed by atoms with E-state index in [9.17, 15) is 4.79 Å². The summed E-state index contributed by atoms with van der Waals surface area (Å²) in [6.45, 7) is 7.43. The van der Waals surface area contributed by atoms with E-state index in [-0.39, 0.29) is 23.5 Å². The highest BCUT2D eigenvalue weighted by Crippen LogP contribution is 2.34. The summed E-state index contributed by atoms with van der Waals surface area (Å²) in [5.74, 6) is 0.338. The monoisotopic (exact) mass is 407 g/mol.